The van der Waals surface area contributed by atoms with Gasteiger partial charge in [0.05, 0.1) is 10.7 Å². The average molecular weight is 477 g/mol. The number of nitro groups is 1. The summed E-state index contributed by atoms with van der Waals surface area (Å²) in [7, 11) is 1.74. The predicted octanol–water partition coefficient (Wildman–Crippen LogP) is 2.51. The Kier molecular flexibility index (Phi) is 7.63. The highest BCUT2D eigenvalue weighted by Crippen LogP contribution is 2.19. The molecule has 0 aliphatic carbocycles. The Labute approximate surface area is 191 Å². The van der Waals surface area contributed by atoms with Gasteiger partial charge in [-0.05, 0) is 30.3 Å². The van der Waals surface area contributed by atoms with Crippen LogP contribution >= 0.6 is 23.4 Å². The summed E-state index contributed by atoms with van der Waals surface area (Å²) in [4.78, 5) is 34.3. The second kappa shape index (κ2) is 10.6. The molecule has 0 aliphatic rings. The van der Waals surface area contributed by atoms with Crippen molar-refractivity contribution in [2.75, 3.05) is 5.75 Å². The van der Waals surface area contributed by atoms with Crippen LogP contribution in [-0.2, 0) is 18.4 Å². The van der Waals surface area contributed by atoms with Gasteiger partial charge in [-0.3, -0.25) is 30.6 Å². The molecule has 0 spiro atoms. The minimum absolute atomic E-state index is 0.0424. The van der Waals surface area contributed by atoms with Gasteiger partial charge < -0.3 is 9.30 Å². The average Bonchev–Trinajstić information content (AvgIpc) is 3.15. The van der Waals surface area contributed by atoms with E-state index in [1.807, 2.05) is 0 Å². The molecule has 1 aromatic heterocycles. The minimum Gasteiger partial charge on any atom is -0.486 e. The monoisotopic (exact) mass is 476 g/mol. The van der Waals surface area contributed by atoms with Crippen LogP contribution in [0.5, 0.6) is 5.75 Å². The molecule has 0 saturated heterocycles. The van der Waals surface area contributed by atoms with Gasteiger partial charge in [-0.2, -0.15) is 0 Å². The lowest BCUT2D eigenvalue weighted by molar-refractivity contribution is -0.384. The predicted molar refractivity (Wildman–Crippen MR) is 116 cm³/mol. The number of non-ortho nitro benzene ring substituents is 1. The number of hydrogen-bond donors (Lipinski definition) is 2. The first-order valence-electron chi connectivity index (χ1n) is 9.06. The highest BCUT2D eigenvalue weighted by molar-refractivity contribution is 7.99. The number of carbonyl (C=O) groups is 2. The Morgan fingerprint density at radius 1 is 1.19 bits per heavy atom. The molecule has 3 rings (SSSR count). The number of ether oxygens (including phenoxy) is 1. The van der Waals surface area contributed by atoms with E-state index in [1.54, 1.807) is 35.9 Å². The molecule has 0 atom stereocenters. The first-order valence-corrected chi connectivity index (χ1v) is 10.4. The number of hydrazine groups is 1. The summed E-state index contributed by atoms with van der Waals surface area (Å²) in [5.74, 6) is -0.0189. The van der Waals surface area contributed by atoms with Crippen LogP contribution in [0.15, 0.2) is 53.7 Å². The molecule has 166 valence electrons. The number of benzene rings is 2. The van der Waals surface area contributed by atoms with Crippen LogP contribution in [0.1, 0.15) is 16.2 Å². The summed E-state index contributed by atoms with van der Waals surface area (Å²) in [5, 5.41) is 20.0. The number of carbonyl (C=O) groups excluding carboxylic acids is 2. The molecule has 0 radical (unpaired) electrons. The van der Waals surface area contributed by atoms with E-state index in [4.69, 9.17) is 16.3 Å². The van der Waals surface area contributed by atoms with E-state index in [9.17, 15) is 19.7 Å². The lowest BCUT2D eigenvalue weighted by Crippen LogP contribution is -2.42. The van der Waals surface area contributed by atoms with E-state index < -0.39 is 16.7 Å². The lowest BCUT2D eigenvalue weighted by Gasteiger charge is -2.08. The highest BCUT2D eigenvalue weighted by Gasteiger charge is 2.14. The van der Waals surface area contributed by atoms with E-state index in [0.717, 1.165) is 17.8 Å². The van der Waals surface area contributed by atoms with Crippen LogP contribution in [0.4, 0.5) is 5.69 Å². The first-order chi connectivity index (χ1) is 15.3. The third-order valence-electron chi connectivity index (χ3n) is 4.07. The van der Waals surface area contributed by atoms with Gasteiger partial charge in [-0.1, -0.05) is 29.4 Å². The van der Waals surface area contributed by atoms with Crippen LogP contribution in [0.25, 0.3) is 0 Å². The second-order valence-corrected chi connectivity index (χ2v) is 7.68. The standard InChI is InChI=1S/C19H17ClN6O5S/c1-25-16(10-31-15-7-5-13(20)6-8-15)21-24-19(25)32-11-17(27)22-23-18(28)12-3-2-4-14(9-12)26(29)30/h2-9H,10-11H2,1H3,(H,22,27)(H,23,28). The summed E-state index contributed by atoms with van der Waals surface area (Å²) in [6, 6.07) is 12.1. The van der Waals surface area contributed by atoms with Gasteiger partial charge in [0.2, 0.25) is 5.91 Å². The highest BCUT2D eigenvalue weighted by atomic mass is 35.5. The molecule has 32 heavy (non-hydrogen) atoms. The molecule has 0 unspecified atom stereocenters. The van der Waals surface area contributed by atoms with E-state index >= 15 is 0 Å². The zero-order valence-corrected chi connectivity index (χ0v) is 18.2. The van der Waals surface area contributed by atoms with Crippen LogP contribution in [-0.4, -0.2) is 37.3 Å². The maximum Gasteiger partial charge on any atom is 0.270 e. The second-order valence-electron chi connectivity index (χ2n) is 6.30. The molecule has 1 heterocycles. The van der Waals surface area contributed by atoms with Crippen LogP contribution in [0, 0.1) is 10.1 Å². The van der Waals surface area contributed by atoms with Gasteiger partial charge in [-0.15, -0.1) is 10.2 Å². The molecular weight excluding hydrogens is 460 g/mol. The number of nitro benzene ring substituents is 1. The molecule has 2 amide bonds. The Morgan fingerprint density at radius 2 is 1.94 bits per heavy atom. The van der Waals surface area contributed by atoms with Crippen molar-refractivity contribution in [3.05, 3.63) is 75.1 Å². The number of hydrogen-bond acceptors (Lipinski definition) is 8. The number of thioether (sulfide) groups is 1. The molecule has 11 nitrogen and oxygen atoms in total. The van der Waals surface area contributed by atoms with Crippen molar-refractivity contribution >= 4 is 40.9 Å². The summed E-state index contributed by atoms with van der Waals surface area (Å²) in [6.07, 6.45) is 0. The third kappa shape index (κ3) is 6.18. The van der Waals surface area contributed by atoms with E-state index in [2.05, 4.69) is 21.0 Å². The van der Waals surface area contributed by atoms with Crippen LogP contribution in [0.2, 0.25) is 5.02 Å². The molecule has 0 fully saturated rings. The van der Waals surface area contributed by atoms with Crippen LogP contribution in [0.3, 0.4) is 0 Å². The summed E-state index contributed by atoms with van der Waals surface area (Å²) in [6.45, 7) is 0.178. The number of aromatic nitrogens is 3. The number of rotatable bonds is 8. The number of amides is 2. The van der Waals surface area contributed by atoms with Gasteiger partial charge in [0, 0.05) is 29.8 Å². The third-order valence-corrected chi connectivity index (χ3v) is 5.35. The SMILES string of the molecule is Cn1c(COc2ccc(Cl)cc2)nnc1SCC(=O)NNC(=O)c1cccc([N+](=O)[O-])c1. The first kappa shape index (κ1) is 23.0. The number of halogens is 1. The Hall–Kier alpha value is -3.64. The Morgan fingerprint density at radius 3 is 2.66 bits per heavy atom. The van der Waals surface area contributed by atoms with E-state index in [-0.39, 0.29) is 23.6 Å². The van der Waals surface area contributed by atoms with Crippen molar-refractivity contribution in [3.8, 4) is 5.75 Å². The molecule has 0 saturated carbocycles. The van der Waals surface area contributed by atoms with Crippen molar-refractivity contribution in [1.29, 1.82) is 0 Å². The minimum atomic E-state index is -0.674. The molecule has 0 aliphatic heterocycles. The van der Waals surface area contributed by atoms with E-state index in [0.29, 0.717) is 21.8 Å². The summed E-state index contributed by atoms with van der Waals surface area (Å²) >= 11 is 6.96. The molecule has 0 bridgehead atoms. The van der Waals surface area contributed by atoms with Gasteiger partial charge >= 0.3 is 0 Å². The molecule has 2 N–H and O–H groups in total. The fourth-order valence-corrected chi connectivity index (χ4v) is 3.26. The maximum atomic E-state index is 12.1. The molecule has 3 aromatic rings. The van der Waals surface area contributed by atoms with Gasteiger partial charge in [0.1, 0.15) is 12.4 Å². The van der Waals surface area contributed by atoms with Crippen molar-refractivity contribution in [1.82, 2.24) is 25.6 Å². The largest absolute Gasteiger partial charge is 0.486 e. The molecule has 13 heteroatoms. The zero-order chi connectivity index (χ0) is 23.1. The van der Waals surface area contributed by atoms with Crippen molar-refractivity contribution in [3.63, 3.8) is 0 Å². The molecule has 2 aromatic carbocycles. The fraction of sp³-hybridized carbons (Fsp3) is 0.158. The van der Waals surface area contributed by atoms with Crippen molar-refractivity contribution in [2.45, 2.75) is 11.8 Å². The van der Waals surface area contributed by atoms with Gasteiger partial charge in [-0.25, -0.2) is 0 Å². The number of nitrogens with zero attached hydrogens (tertiary/aromatic N) is 4. The topological polar surface area (TPSA) is 141 Å². The quantitative estimate of drug-likeness (QED) is 0.287. The van der Waals surface area contributed by atoms with Crippen LogP contribution < -0.4 is 15.6 Å². The zero-order valence-electron chi connectivity index (χ0n) is 16.6. The Balaban J connectivity index is 1.46. The van der Waals surface area contributed by atoms with Crippen molar-refractivity contribution in [2.24, 2.45) is 7.05 Å². The summed E-state index contributed by atoms with van der Waals surface area (Å²) < 4.78 is 7.33. The van der Waals surface area contributed by atoms with Gasteiger partial charge in [0.25, 0.3) is 11.6 Å². The Bertz CT molecular complexity index is 1140. The van der Waals surface area contributed by atoms with Crippen molar-refractivity contribution < 1.29 is 19.2 Å². The molecular formula is C19H17ClN6O5S. The normalized spacial score (nSPS) is 10.4. The lowest BCUT2D eigenvalue weighted by atomic mass is 10.2. The smallest absolute Gasteiger partial charge is 0.270 e. The summed E-state index contributed by atoms with van der Waals surface area (Å²) in [5.41, 5.74) is 4.29. The maximum absolute atomic E-state index is 12.1. The van der Waals surface area contributed by atoms with Gasteiger partial charge in [0.15, 0.2) is 11.0 Å². The fourth-order valence-electron chi connectivity index (χ4n) is 2.40. The van der Waals surface area contributed by atoms with E-state index in [1.165, 1.54) is 18.2 Å². The number of nitrogens with one attached hydrogen (secondary N) is 2.